The predicted molar refractivity (Wildman–Crippen MR) is 142 cm³/mol. The van der Waals surface area contributed by atoms with E-state index in [2.05, 4.69) is 0 Å². The molecule has 5 atom stereocenters. The summed E-state index contributed by atoms with van der Waals surface area (Å²) in [6.45, 7) is 6.93. The Bertz CT molecular complexity index is 1180. The maximum Gasteiger partial charge on any atom is 0.313 e. The topological polar surface area (TPSA) is 96.4 Å². The van der Waals surface area contributed by atoms with E-state index in [-0.39, 0.29) is 25.0 Å². The van der Waals surface area contributed by atoms with Crippen LogP contribution in [-0.2, 0) is 23.9 Å². The first-order chi connectivity index (χ1) is 18.3. The Kier molecular flexibility index (Phi) is 7.22. The average Bonchev–Trinajstić information content (AvgIpc) is 3.23. The monoisotopic (exact) mass is 522 g/mol. The van der Waals surface area contributed by atoms with Gasteiger partial charge in [0.15, 0.2) is 0 Å². The molecule has 1 spiro atoms. The van der Waals surface area contributed by atoms with Crippen molar-refractivity contribution < 1.29 is 29.0 Å². The number of unbranched alkanes of at least 4 members (excludes halogenated alkanes) is 2. The standard InChI is InChI=1S/C30H38N2O6/c1-4-29-13-6-9-18-37-28(36)24(29)23-26(34)32(15-7-5-8-17-33)25-27(35)31(16-10-14-30(23,25)38-29)22-19-20(2)11-12-21(22)3/h6,10-14,19,23-25,33H,4-5,7-9,15-18H2,1-3H3/t23-,24+,25?,29-,30-/m0/s1. The fourth-order valence-corrected chi connectivity index (χ4v) is 6.77. The van der Waals surface area contributed by atoms with Gasteiger partial charge in [-0.25, -0.2) is 0 Å². The third kappa shape index (κ3) is 4.09. The predicted octanol–water partition coefficient (Wildman–Crippen LogP) is 3.23. The van der Waals surface area contributed by atoms with Crippen molar-refractivity contribution >= 4 is 23.5 Å². The van der Waals surface area contributed by atoms with Gasteiger partial charge in [0.2, 0.25) is 5.91 Å². The van der Waals surface area contributed by atoms with Crippen molar-refractivity contribution in [3.8, 4) is 0 Å². The summed E-state index contributed by atoms with van der Waals surface area (Å²) in [5, 5.41) is 9.25. The molecule has 0 saturated carbocycles. The summed E-state index contributed by atoms with van der Waals surface area (Å²) < 4.78 is 12.5. The first-order valence-corrected chi connectivity index (χ1v) is 13.8. The molecular formula is C30H38N2O6. The Morgan fingerprint density at radius 2 is 1.84 bits per heavy atom. The number of hydrogen-bond donors (Lipinski definition) is 1. The maximum absolute atomic E-state index is 14.5. The van der Waals surface area contributed by atoms with Crippen molar-refractivity contribution in [3.05, 3.63) is 53.6 Å². The van der Waals surface area contributed by atoms with Gasteiger partial charge in [-0.3, -0.25) is 14.4 Å². The van der Waals surface area contributed by atoms with Crippen molar-refractivity contribution in [2.24, 2.45) is 11.8 Å². The summed E-state index contributed by atoms with van der Waals surface area (Å²) in [7, 11) is 0. The van der Waals surface area contributed by atoms with Gasteiger partial charge in [0, 0.05) is 25.4 Å². The highest BCUT2D eigenvalue weighted by atomic mass is 16.6. The molecule has 0 radical (unpaired) electrons. The number of nitrogens with zero attached hydrogens (tertiary/aromatic N) is 2. The Hall–Kier alpha value is -2.97. The highest BCUT2D eigenvalue weighted by molar-refractivity contribution is 6.06. The molecule has 204 valence electrons. The van der Waals surface area contributed by atoms with Gasteiger partial charge >= 0.3 is 5.97 Å². The molecule has 1 N–H and O–H groups in total. The Labute approximate surface area is 224 Å². The van der Waals surface area contributed by atoms with E-state index in [1.807, 2.05) is 63.3 Å². The van der Waals surface area contributed by atoms with Crippen LogP contribution in [0.1, 0.15) is 50.2 Å². The van der Waals surface area contributed by atoms with E-state index in [9.17, 15) is 19.5 Å². The van der Waals surface area contributed by atoms with Crippen LogP contribution in [0.15, 0.2) is 42.5 Å². The van der Waals surface area contributed by atoms with E-state index in [1.54, 1.807) is 9.80 Å². The van der Waals surface area contributed by atoms with E-state index in [0.717, 1.165) is 23.2 Å². The number of ether oxygens (including phenoxy) is 2. The molecule has 2 saturated heterocycles. The number of benzene rings is 1. The molecule has 1 unspecified atom stereocenters. The third-order valence-electron chi connectivity index (χ3n) is 8.61. The second kappa shape index (κ2) is 10.3. The number of hydrogen-bond acceptors (Lipinski definition) is 6. The first kappa shape index (κ1) is 26.6. The number of aliphatic hydroxyl groups excluding tert-OH is 1. The molecule has 8 nitrogen and oxygen atoms in total. The van der Waals surface area contributed by atoms with Gasteiger partial charge in [-0.2, -0.15) is 0 Å². The molecule has 4 aliphatic rings. The van der Waals surface area contributed by atoms with Crippen LogP contribution in [0.3, 0.4) is 0 Å². The van der Waals surface area contributed by atoms with Gasteiger partial charge in [-0.15, -0.1) is 0 Å². The molecule has 1 aromatic rings. The normalized spacial score (nSPS) is 32.4. The van der Waals surface area contributed by atoms with E-state index >= 15 is 0 Å². The smallest absolute Gasteiger partial charge is 0.313 e. The van der Waals surface area contributed by atoms with Crippen LogP contribution >= 0.6 is 0 Å². The van der Waals surface area contributed by atoms with Crippen LogP contribution in [0.4, 0.5) is 5.69 Å². The van der Waals surface area contributed by atoms with Gasteiger partial charge in [0.05, 0.1) is 12.5 Å². The number of aliphatic hydroxyl groups is 1. The average molecular weight is 523 g/mol. The molecule has 0 aromatic heterocycles. The molecule has 1 aromatic carbocycles. The van der Waals surface area contributed by atoms with Crippen LogP contribution < -0.4 is 4.90 Å². The van der Waals surface area contributed by atoms with Gasteiger partial charge in [-0.05, 0) is 63.1 Å². The molecule has 8 heteroatoms. The van der Waals surface area contributed by atoms with Crippen molar-refractivity contribution in [3.63, 3.8) is 0 Å². The zero-order valence-corrected chi connectivity index (χ0v) is 22.5. The number of fused-ring (bicyclic) bond motifs is 2. The van der Waals surface area contributed by atoms with E-state index in [4.69, 9.17) is 9.47 Å². The number of likely N-dealkylation sites (tertiary alicyclic amines) is 1. The minimum absolute atomic E-state index is 0.0778. The molecule has 0 bridgehead atoms. The van der Waals surface area contributed by atoms with Crippen molar-refractivity contribution in [1.29, 1.82) is 0 Å². The maximum atomic E-state index is 14.5. The quantitative estimate of drug-likeness (QED) is 0.336. The summed E-state index contributed by atoms with van der Waals surface area (Å²) in [6.07, 6.45) is 10.7. The lowest BCUT2D eigenvalue weighted by Crippen LogP contribution is -2.56. The lowest BCUT2D eigenvalue weighted by atomic mass is 9.73. The fourth-order valence-electron chi connectivity index (χ4n) is 6.77. The fraction of sp³-hybridized carbons (Fsp3) is 0.567. The molecule has 2 fully saturated rings. The molecule has 0 aliphatic carbocycles. The number of amides is 2. The minimum atomic E-state index is -1.29. The number of carbonyl (C=O) groups excluding carboxylic acids is 3. The van der Waals surface area contributed by atoms with E-state index in [1.165, 1.54) is 0 Å². The Morgan fingerprint density at radius 3 is 2.61 bits per heavy atom. The largest absolute Gasteiger partial charge is 0.465 e. The highest BCUT2D eigenvalue weighted by Gasteiger charge is 2.75. The number of cyclic esters (lactones) is 1. The minimum Gasteiger partial charge on any atom is -0.465 e. The summed E-state index contributed by atoms with van der Waals surface area (Å²) in [5.74, 6) is -2.60. The molecule has 38 heavy (non-hydrogen) atoms. The molecule has 4 aliphatic heterocycles. The lowest BCUT2D eigenvalue weighted by molar-refractivity contribution is -0.160. The Morgan fingerprint density at radius 1 is 1.03 bits per heavy atom. The van der Waals surface area contributed by atoms with E-state index < -0.39 is 35.0 Å². The highest BCUT2D eigenvalue weighted by Crippen LogP contribution is 2.58. The van der Waals surface area contributed by atoms with Crippen LogP contribution in [-0.4, -0.2) is 71.3 Å². The molecular weight excluding hydrogens is 484 g/mol. The molecule has 5 rings (SSSR count). The van der Waals surface area contributed by atoms with Gasteiger partial charge in [0.1, 0.15) is 23.2 Å². The number of anilines is 1. The Balaban J connectivity index is 1.63. The van der Waals surface area contributed by atoms with Crippen LogP contribution in [0.2, 0.25) is 0 Å². The number of rotatable bonds is 7. The SMILES string of the molecule is CC[C@]12C=CCCOC(=O)[C@H]1[C@H]1C(=O)N(CCCCCO)C3C(=O)N(c4cc(C)ccc4C)CC=C[C@@]31O2. The van der Waals surface area contributed by atoms with Gasteiger partial charge < -0.3 is 24.4 Å². The molecule has 4 heterocycles. The first-order valence-electron chi connectivity index (χ1n) is 13.8. The summed E-state index contributed by atoms with van der Waals surface area (Å²) in [4.78, 5) is 45.6. The summed E-state index contributed by atoms with van der Waals surface area (Å²) in [5.41, 5.74) is 0.496. The zero-order valence-electron chi connectivity index (χ0n) is 22.5. The van der Waals surface area contributed by atoms with E-state index in [0.29, 0.717) is 38.8 Å². The summed E-state index contributed by atoms with van der Waals surface area (Å²) in [6, 6.07) is 5.10. The number of esters is 1. The van der Waals surface area contributed by atoms with Crippen molar-refractivity contribution in [2.75, 3.05) is 31.2 Å². The lowest BCUT2D eigenvalue weighted by Gasteiger charge is -2.39. The summed E-state index contributed by atoms with van der Waals surface area (Å²) >= 11 is 0. The van der Waals surface area contributed by atoms with Gasteiger partial charge in [-0.1, -0.05) is 43.4 Å². The molecule has 2 amide bonds. The number of carbonyl (C=O) groups is 3. The van der Waals surface area contributed by atoms with Crippen LogP contribution in [0.5, 0.6) is 0 Å². The second-order valence-corrected chi connectivity index (χ2v) is 10.9. The second-order valence-electron chi connectivity index (χ2n) is 10.9. The van der Waals surface area contributed by atoms with Crippen molar-refractivity contribution in [1.82, 2.24) is 4.90 Å². The third-order valence-corrected chi connectivity index (χ3v) is 8.61. The zero-order chi connectivity index (χ0) is 27.1. The van der Waals surface area contributed by atoms with Gasteiger partial charge in [0.25, 0.3) is 5.91 Å². The van der Waals surface area contributed by atoms with Crippen molar-refractivity contribution in [2.45, 2.75) is 70.1 Å². The van der Waals surface area contributed by atoms with Crippen LogP contribution in [0, 0.1) is 25.7 Å². The number of aryl methyl sites for hydroxylation is 2. The van der Waals surface area contributed by atoms with Crippen LogP contribution in [0.25, 0.3) is 0 Å².